The number of halogens is 2. The van der Waals surface area contributed by atoms with Crippen molar-refractivity contribution in [2.75, 3.05) is 12.3 Å². The van der Waals surface area contributed by atoms with E-state index in [1.165, 1.54) is 10.8 Å². The smallest absolute Gasteiger partial charge is 0.351 e. The Labute approximate surface area is 120 Å². The van der Waals surface area contributed by atoms with Gasteiger partial charge in [-0.15, -0.1) is 24.0 Å². The van der Waals surface area contributed by atoms with Gasteiger partial charge in [0, 0.05) is 11.8 Å². The van der Waals surface area contributed by atoms with Gasteiger partial charge in [-0.2, -0.15) is 4.98 Å². The molecule has 9 heteroatoms. The zero-order valence-electron chi connectivity index (χ0n) is 10.1. The predicted octanol–water partition coefficient (Wildman–Crippen LogP) is -0.586. The maximum Gasteiger partial charge on any atom is 0.351 e. The molecule has 4 N–H and O–H groups in total. The first-order valence-electron chi connectivity index (χ1n) is 5.39. The van der Waals surface area contributed by atoms with Gasteiger partial charge in [-0.1, -0.05) is 0 Å². The molecule has 0 unspecified atom stereocenters. The van der Waals surface area contributed by atoms with E-state index in [0.717, 1.165) is 0 Å². The van der Waals surface area contributed by atoms with Crippen LogP contribution in [0.4, 0.5) is 5.82 Å². The van der Waals surface area contributed by atoms with E-state index >= 15 is 0 Å². The molecule has 1 aliphatic rings. The number of anilines is 1. The number of aryl methyl sites for hydroxylation is 1. The van der Waals surface area contributed by atoms with E-state index in [0.29, 0.717) is 5.56 Å². The molecule has 0 aromatic carbocycles. The molecule has 1 aromatic heterocycles. The zero-order valence-corrected chi connectivity index (χ0v) is 11.6. The lowest BCUT2D eigenvalue weighted by Gasteiger charge is -2.17. The summed E-state index contributed by atoms with van der Waals surface area (Å²) in [5.41, 5.74) is 5.51. The summed E-state index contributed by atoms with van der Waals surface area (Å²) in [7, 11) is 0. The SMILES string of the molecule is Cc1cn([C@@H]2O[C@H](CO)[C@@H](O)[C@@H]2Cl)c(=O)nc1N.Cl. The number of hydrogen-bond acceptors (Lipinski definition) is 6. The third-order valence-corrected chi connectivity index (χ3v) is 3.40. The summed E-state index contributed by atoms with van der Waals surface area (Å²) >= 11 is 6.00. The normalized spacial score (nSPS) is 30.1. The molecule has 7 nitrogen and oxygen atoms in total. The molecule has 1 aliphatic heterocycles. The molecule has 0 aliphatic carbocycles. The molecule has 0 radical (unpaired) electrons. The quantitative estimate of drug-likeness (QED) is 0.630. The fraction of sp³-hybridized carbons (Fsp3) is 0.600. The predicted molar refractivity (Wildman–Crippen MR) is 71.5 cm³/mol. The highest BCUT2D eigenvalue weighted by Crippen LogP contribution is 2.32. The average molecular weight is 312 g/mol. The van der Waals surface area contributed by atoms with Gasteiger partial charge in [0.1, 0.15) is 23.4 Å². The molecule has 2 heterocycles. The van der Waals surface area contributed by atoms with Crippen LogP contribution in [-0.2, 0) is 4.74 Å². The molecule has 19 heavy (non-hydrogen) atoms. The summed E-state index contributed by atoms with van der Waals surface area (Å²) in [6.45, 7) is 1.31. The standard InChI is InChI=1S/C10H14ClN3O4.ClH/c1-4-2-14(10(17)13-8(4)12)9-6(11)7(16)5(3-15)18-9;/h2,5-7,9,15-16H,3H2,1H3,(H2,12,13,17);1H/t5-,6+,7-,9-;/m1./s1. The van der Waals surface area contributed by atoms with Gasteiger partial charge in [-0.3, -0.25) is 4.57 Å². The van der Waals surface area contributed by atoms with E-state index in [-0.39, 0.29) is 24.8 Å². The Hall–Kier alpha value is -0.860. The van der Waals surface area contributed by atoms with E-state index in [1.807, 2.05) is 0 Å². The lowest BCUT2D eigenvalue weighted by molar-refractivity contribution is -0.0457. The Kier molecular flexibility index (Phi) is 5.17. The van der Waals surface area contributed by atoms with Crippen molar-refractivity contribution in [1.82, 2.24) is 9.55 Å². The molecule has 0 bridgehead atoms. The number of aliphatic hydroxyl groups excluding tert-OH is 2. The number of nitrogens with zero attached hydrogens (tertiary/aromatic N) is 2. The molecule has 1 fully saturated rings. The largest absolute Gasteiger partial charge is 0.394 e. The molecule has 0 spiro atoms. The van der Waals surface area contributed by atoms with Crippen molar-refractivity contribution in [2.24, 2.45) is 0 Å². The van der Waals surface area contributed by atoms with Crippen LogP contribution in [0.1, 0.15) is 11.8 Å². The van der Waals surface area contributed by atoms with Crippen LogP contribution < -0.4 is 11.4 Å². The third-order valence-electron chi connectivity index (χ3n) is 2.92. The zero-order chi connectivity index (χ0) is 13.4. The molecule has 2 rings (SSSR count). The Morgan fingerprint density at radius 2 is 2.26 bits per heavy atom. The fourth-order valence-electron chi connectivity index (χ4n) is 1.84. The maximum atomic E-state index is 11.7. The van der Waals surface area contributed by atoms with Crippen LogP contribution in [0.3, 0.4) is 0 Å². The highest BCUT2D eigenvalue weighted by Gasteiger charge is 2.43. The number of nitrogen functional groups attached to an aromatic ring is 1. The van der Waals surface area contributed by atoms with Gasteiger partial charge < -0.3 is 20.7 Å². The number of aliphatic hydroxyl groups is 2. The fourth-order valence-corrected chi connectivity index (χ4v) is 2.18. The minimum absolute atomic E-state index is 0. The van der Waals surface area contributed by atoms with Crippen LogP contribution in [0.5, 0.6) is 0 Å². The Balaban J connectivity index is 0.00000180. The van der Waals surface area contributed by atoms with Crippen molar-refractivity contribution in [3.8, 4) is 0 Å². The second kappa shape index (κ2) is 6.06. The molecule has 0 amide bonds. The van der Waals surface area contributed by atoms with Crippen LogP contribution in [0.25, 0.3) is 0 Å². The average Bonchev–Trinajstić information content (AvgIpc) is 2.61. The first kappa shape index (κ1) is 16.2. The summed E-state index contributed by atoms with van der Waals surface area (Å²) in [6, 6.07) is 0. The van der Waals surface area contributed by atoms with Crippen LogP contribution in [0.15, 0.2) is 11.0 Å². The second-order valence-electron chi connectivity index (χ2n) is 4.18. The minimum Gasteiger partial charge on any atom is -0.394 e. The third kappa shape index (κ3) is 2.85. The Morgan fingerprint density at radius 3 is 2.79 bits per heavy atom. The van der Waals surface area contributed by atoms with Crippen LogP contribution in [0, 0.1) is 6.92 Å². The van der Waals surface area contributed by atoms with Crippen LogP contribution >= 0.6 is 24.0 Å². The van der Waals surface area contributed by atoms with Gasteiger partial charge in [0.15, 0.2) is 6.23 Å². The molecular weight excluding hydrogens is 297 g/mol. The first-order valence-corrected chi connectivity index (χ1v) is 5.83. The summed E-state index contributed by atoms with van der Waals surface area (Å²) in [6.07, 6.45) is -1.27. The van der Waals surface area contributed by atoms with Crippen molar-refractivity contribution in [1.29, 1.82) is 0 Å². The van der Waals surface area contributed by atoms with E-state index < -0.39 is 29.5 Å². The molecule has 1 saturated heterocycles. The molecule has 0 saturated carbocycles. The van der Waals surface area contributed by atoms with Crippen molar-refractivity contribution >= 4 is 29.8 Å². The number of alkyl halides is 1. The van der Waals surface area contributed by atoms with Crippen molar-refractivity contribution < 1.29 is 14.9 Å². The highest BCUT2D eigenvalue weighted by atomic mass is 35.5. The number of ether oxygens (including phenoxy) is 1. The van der Waals surface area contributed by atoms with Gasteiger partial charge in [0.2, 0.25) is 0 Å². The second-order valence-corrected chi connectivity index (χ2v) is 4.69. The summed E-state index contributed by atoms with van der Waals surface area (Å²) in [4.78, 5) is 15.3. The first-order chi connectivity index (χ1) is 8.45. The maximum absolute atomic E-state index is 11.7. The summed E-state index contributed by atoms with van der Waals surface area (Å²) in [5, 5.41) is 17.9. The van der Waals surface area contributed by atoms with Crippen LogP contribution in [0.2, 0.25) is 0 Å². The highest BCUT2D eigenvalue weighted by molar-refractivity contribution is 6.21. The van der Waals surface area contributed by atoms with E-state index in [1.54, 1.807) is 6.92 Å². The molecular formula is C10H15Cl2N3O4. The van der Waals surface area contributed by atoms with Gasteiger partial charge in [0.25, 0.3) is 0 Å². The van der Waals surface area contributed by atoms with E-state index in [2.05, 4.69) is 4.98 Å². The van der Waals surface area contributed by atoms with Gasteiger partial charge in [0.05, 0.1) is 6.61 Å². The summed E-state index contributed by atoms with van der Waals surface area (Å²) in [5.74, 6) is 0.139. The van der Waals surface area contributed by atoms with E-state index in [9.17, 15) is 9.90 Å². The number of rotatable bonds is 2. The van der Waals surface area contributed by atoms with Crippen LogP contribution in [-0.4, -0.2) is 44.0 Å². The molecule has 4 atom stereocenters. The number of aromatic nitrogens is 2. The van der Waals surface area contributed by atoms with Gasteiger partial charge in [-0.25, -0.2) is 4.79 Å². The van der Waals surface area contributed by atoms with Crippen molar-refractivity contribution in [3.63, 3.8) is 0 Å². The Morgan fingerprint density at radius 1 is 1.63 bits per heavy atom. The topological polar surface area (TPSA) is 111 Å². The summed E-state index contributed by atoms with van der Waals surface area (Å²) < 4.78 is 6.52. The van der Waals surface area contributed by atoms with Crippen molar-refractivity contribution in [3.05, 3.63) is 22.2 Å². The number of nitrogens with two attached hydrogens (primary N) is 1. The lowest BCUT2D eigenvalue weighted by Crippen LogP contribution is -2.33. The minimum atomic E-state index is -1.05. The van der Waals surface area contributed by atoms with Crippen molar-refractivity contribution in [2.45, 2.75) is 30.7 Å². The molecule has 1 aromatic rings. The van der Waals surface area contributed by atoms with Gasteiger partial charge >= 0.3 is 5.69 Å². The molecule has 108 valence electrons. The van der Waals surface area contributed by atoms with E-state index in [4.69, 9.17) is 27.2 Å². The van der Waals surface area contributed by atoms with Gasteiger partial charge in [-0.05, 0) is 6.92 Å². The number of hydrogen-bond donors (Lipinski definition) is 3. The lowest BCUT2D eigenvalue weighted by atomic mass is 10.2. The monoisotopic (exact) mass is 311 g/mol. The Bertz CT molecular complexity index is 510.